The van der Waals surface area contributed by atoms with Crippen LogP contribution < -0.4 is 10.2 Å². The Bertz CT molecular complexity index is 568. The fraction of sp³-hybridized carbons (Fsp3) is 0.529. The third kappa shape index (κ3) is 3.27. The molecule has 0 radical (unpaired) electrons. The van der Waals surface area contributed by atoms with Gasteiger partial charge < -0.3 is 10.2 Å². The van der Waals surface area contributed by atoms with Gasteiger partial charge in [0, 0.05) is 23.5 Å². The van der Waals surface area contributed by atoms with Gasteiger partial charge in [0.1, 0.15) is 0 Å². The van der Waals surface area contributed by atoms with E-state index in [4.69, 9.17) is 11.6 Å². The number of halogens is 1. The van der Waals surface area contributed by atoms with E-state index in [1.807, 2.05) is 24.3 Å². The predicted molar refractivity (Wildman–Crippen MR) is 87.1 cm³/mol. The molecule has 0 spiro atoms. The normalized spacial score (nSPS) is 24.0. The van der Waals surface area contributed by atoms with Crippen molar-refractivity contribution in [1.82, 2.24) is 5.32 Å². The first-order chi connectivity index (χ1) is 10.6. The largest absolute Gasteiger partial charge is 0.347 e. The number of nitrogens with zero attached hydrogens (tertiary/aromatic N) is 1. The monoisotopic (exact) mass is 320 g/mol. The molecule has 1 aromatic rings. The zero-order chi connectivity index (χ0) is 15.5. The summed E-state index contributed by atoms with van der Waals surface area (Å²) in [6.45, 7) is 0.777. The van der Waals surface area contributed by atoms with Crippen LogP contribution in [0.5, 0.6) is 0 Å². The lowest BCUT2D eigenvalue weighted by Gasteiger charge is -2.24. The van der Waals surface area contributed by atoms with Gasteiger partial charge in [0.15, 0.2) is 0 Å². The van der Waals surface area contributed by atoms with Crippen molar-refractivity contribution in [3.8, 4) is 0 Å². The third-order valence-electron chi connectivity index (χ3n) is 4.63. The molecule has 1 aliphatic heterocycles. The molecule has 1 aliphatic carbocycles. The lowest BCUT2D eigenvalue weighted by molar-refractivity contribution is -0.128. The van der Waals surface area contributed by atoms with Gasteiger partial charge in [-0.1, -0.05) is 18.2 Å². The second kappa shape index (κ2) is 6.69. The average molecular weight is 321 g/mol. The van der Waals surface area contributed by atoms with E-state index in [-0.39, 0.29) is 29.7 Å². The van der Waals surface area contributed by atoms with Gasteiger partial charge in [0.05, 0.1) is 6.54 Å². The summed E-state index contributed by atoms with van der Waals surface area (Å²) < 4.78 is 0. The highest BCUT2D eigenvalue weighted by atomic mass is 35.5. The number of carbonyl (C=O) groups is 2. The van der Waals surface area contributed by atoms with E-state index in [1.54, 1.807) is 4.90 Å². The molecule has 4 nitrogen and oxygen atoms in total. The second-order valence-electron chi connectivity index (χ2n) is 6.09. The van der Waals surface area contributed by atoms with Crippen molar-refractivity contribution in [3.05, 3.63) is 29.8 Å². The molecule has 22 heavy (non-hydrogen) atoms. The fourth-order valence-corrected chi connectivity index (χ4v) is 3.57. The highest BCUT2D eigenvalue weighted by Crippen LogP contribution is 2.28. The van der Waals surface area contributed by atoms with Crippen LogP contribution in [0.15, 0.2) is 24.3 Å². The number of fused-ring (bicyclic) bond motifs is 1. The van der Waals surface area contributed by atoms with Crippen molar-refractivity contribution in [2.24, 2.45) is 5.92 Å². The molecule has 1 aromatic carbocycles. The number of para-hydroxylation sites is 1. The molecule has 0 atom stereocenters. The van der Waals surface area contributed by atoms with E-state index in [0.717, 1.165) is 37.8 Å². The molecule has 2 amide bonds. The average Bonchev–Trinajstić information content (AvgIpc) is 2.97. The van der Waals surface area contributed by atoms with Gasteiger partial charge in [-0.25, -0.2) is 0 Å². The summed E-state index contributed by atoms with van der Waals surface area (Å²) in [4.78, 5) is 26.3. The van der Waals surface area contributed by atoms with Crippen LogP contribution in [0.2, 0.25) is 0 Å². The molecule has 0 unspecified atom stereocenters. The standard InChI is InChI=1S/C17H21ClN2O2/c18-14-7-5-13(6-8-14)17(22)19-11-16(21)20-10-9-12-3-1-2-4-15(12)20/h1-4,13-14H,5-11H2,(H,19,22). The zero-order valence-corrected chi connectivity index (χ0v) is 13.3. The number of hydrogen-bond acceptors (Lipinski definition) is 2. The Morgan fingerprint density at radius 2 is 1.91 bits per heavy atom. The molecule has 1 heterocycles. The highest BCUT2D eigenvalue weighted by Gasteiger charge is 2.27. The van der Waals surface area contributed by atoms with E-state index in [1.165, 1.54) is 5.56 Å². The van der Waals surface area contributed by atoms with E-state index in [2.05, 4.69) is 5.32 Å². The van der Waals surface area contributed by atoms with Gasteiger partial charge in [-0.05, 0) is 43.7 Å². The van der Waals surface area contributed by atoms with Crippen molar-refractivity contribution in [2.45, 2.75) is 37.5 Å². The molecule has 0 bridgehead atoms. The summed E-state index contributed by atoms with van der Waals surface area (Å²) in [5, 5.41) is 3.00. The van der Waals surface area contributed by atoms with Crippen molar-refractivity contribution < 1.29 is 9.59 Å². The Labute approximate surface area is 135 Å². The summed E-state index contributed by atoms with van der Waals surface area (Å²) in [6.07, 6.45) is 4.29. The maximum atomic E-state index is 12.3. The molecule has 2 aliphatic rings. The molecule has 118 valence electrons. The van der Waals surface area contributed by atoms with Crippen molar-refractivity contribution in [2.75, 3.05) is 18.0 Å². The quantitative estimate of drug-likeness (QED) is 0.870. The summed E-state index contributed by atoms with van der Waals surface area (Å²) in [6, 6.07) is 7.94. The SMILES string of the molecule is O=C(NCC(=O)N1CCc2ccccc21)C1CCC(Cl)CC1. The third-order valence-corrected chi connectivity index (χ3v) is 5.07. The molecule has 3 rings (SSSR count). The van der Waals surface area contributed by atoms with Crippen LogP contribution in [0, 0.1) is 5.92 Å². The highest BCUT2D eigenvalue weighted by molar-refractivity contribution is 6.20. The van der Waals surface area contributed by atoms with Crippen LogP contribution in [-0.2, 0) is 16.0 Å². The molecular weight excluding hydrogens is 300 g/mol. The smallest absolute Gasteiger partial charge is 0.246 e. The van der Waals surface area contributed by atoms with Crippen LogP contribution in [0.1, 0.15) is 31.2 Å². The molecule has 1 N–H and O–H groups in total. The van der Waals surface area contributed by atoms with Gasteiger partial charge in [-0.3, -0.25) is 9.59 Å². The van der Waals surface area contributed by atoms with Crippen LogP contribution in [0.4, 0.5) is 5.69 Å². The van der Waals surface area contributed by atoms with E-state index >= 15 is 0 Å². The maximum absolute atomic E-state index is 12.3. The van der Waals surface area contributed by atoms with Crippen molar-refractivity contribution in [1.29, 1.82) is 0 Å². The van der Waals surface area contributed by atoms with Crippen LogP contribution >= 0.6 is 11.6 Å². The van der Waals surface area contributed by atoms with Crippen molar-refractivity contribution in [3.63, 3.8) is 0 Å². The van der Waals surface area contributed by atoms with E-state index in [0.29, 0.717) is 6.54 Å². The van der Waals surface area contributed by atoms with Crippen LogP contribution in [0.25, 0.3) is 0 Å². The summed E-state index contributed by atoms with van der Waals surface area (Å²) in [5.41, 5.74) is 2.17. The van der Waals surface area contributed by atoms with Gasteiger partial charge in [-0.15, -0.1) is 11.6 Å². The first-order valence-corrected chi connectivity index (χ1v) is 8.39. The number of carbonyl (C=O) groups excluding carboxylic acids is 2. The first kappa shape index (κ1) is 15.3. The Balaban J connectivity index is 1.52. The topological polar surface area (TPSA) is 49.4 Å². The zero-order valence-electron chi connectivity index (χ0n) is 12.6. The second-order valence-corrected chi connectivity index (χ2v) is 6.71. The summed E-state index contributed by atoms with van der Waals surface area (Å²) in [7, 11) is 0. The number of amides is 2. The minimum Gasteiger partial charge on any atom is -0.347 e. The van der Waals surface area contributed by atoms with Gasteiger partial charge in [0.2, 0.25) is 11.8 Å². The number of nitrogens with one attached hydrogen (secondary N) is 1. The van der Waals surface area contributed by atoms with Crippen LogP contribution in [-0.4, -0.2) is 30.3 Å². The molecule has 0 saturated heterocycles. The number of benzene rings is 1. The number of alkyl halides is 1. The van der Waals surface area contributed by atoms with Crippen LogP contribution in [0.3, 0.4) is 0 Å². The lowest BCUT2D eigenvalue weighted by atomic mass is 9.88. The van der Waals surface area contributed by atoms with E-state index < -0.39 is 0 Å². The number of anilines is 1. The Kier molecular flexibility index (Phi) is 4.67. The Morgan fingerprint density at radius 3 is 2.68 bits per heavy atom. The molecular formula is C17H21ClN2O2. The lowest BCUT2D eigenvalue weighted by Crippen LogP contribution is -2.42. The molecule has 1 saturated carbocycles. The number of hydrogen-bond donors (Lipinski definition) is 1. The maximum Gasteiger partial charge on any atom is 0.246 e. The summed E-state index contributed by atoms with van der Waals surface area (Å²) in [5.74, 6) is -0.0395. The number of rotatable bonds is 3. The van der Waals surface area contributed by atoms with Gasteiger partial charge in [-0.2, -0.15) is 0 Å². The molecule has 1 fully saturated rings. The van der Waals surface area contributed by atoms with E-state index in [9.17, 15) is 9.59 Å². The Morgan fingerprint density at radius 1 is 1.18 bits per heavy atom. The fourth-order valence-electron chi connectivity index (χ4n) is 3.31. The predicted octanol–water partition coefficient (Wildman–Crippen LogP) is 2.49. The van der Waals surface area contributed by atoms with Gasteiger partial charge in [0.25, 0.3) is 0 Å². The Hall–Kier alpha value is -1.55. The minimum absolute atomic E-state index is 0.00802. The van der Waals surface area contributed by atoms with Gasteiger partial charge >= 0.3 is 0 Å². The molecule has 5 heteroatoms. The van der Waals surface area contributed by atoms with Crippen molar-refractivity contribution >= 4 is 29.1 Å². The summed E-state index contributed by atoms with van der Waals surface area (Å²) >= 11 is 6.06. The minimum atomic E-state index is -0.0377. The molecule has 0 aromatic heterocycles. The first-order valence-electron chi connectivity index (χ1n) is 7.95.